The number of hydrogen-bond donors (Lipinski definition) is 0. The molecule has 0 radical (unpaired) electrons. The van der Waals surface area contributed by atoms with E-state index in [1.807, 2.05) is 37.8 Å². The van der Waals surface area contributed by atoms with Gasteiger partial charge in [-0.25, -0.2) is 0 Å². The average molecular weight is 404 g/mol. The lowest BCUT2D eigenvalue weighted by Crippen LogP contribution is -2.41. The third-order valence-corrected chi connectivity index (χ3v) is 5.34. The molecule has 1 atom stereocenters. The maximum Gasteiger partial charge on any atom is 0.416 e. The summed E-state index contributed by atoms with van der Waals surface area (Å²) in [5.74, 6) is 0.286. The lowest BCUT2D eigenvalue weighted by atomic mass is 9.91. The number of nitrogens with zero attached hydrogens (tertiary/aromatic N) is 2. The molecule has 0 bridgehead atoms. The molecule has 0 spiro atoms. The summed E-state index contributed by atoms with van der Waals surface area (Å²) in [4.78, 5) is 19.0. The van der Waals surface area contributed by atoms with Crippen LogP contribution >= 0.6 is 0 Å². The third-order valence-electron chi connectivity index (χ3n) is 5.34. The highest BCUT2D eigenvalue weighted by molar-refractivity contribution is 5.78. The Hall–Kier alpha value is -2.37. The predicted molar refractivity (Wildman–Crippen MR) is 107 cm³/mol. The number of amides is 1. The number of pyridine rings is 1. The minimum absolute atomic E-state index is 0.0318. The van der Waals surface area contributed by atoms with Crippen LogP contribution in [0.4, 0.5) is 13.2 Å². The van der Waals surface area contributed by atoms with Gasteiger partial charge in [-0.3, -0.25) is 9.78 Å². The SMILES string of the molecule is Cc1cc(Cc2cccc(C(F)(F)F)c2)cc([C@@H]2CCCN(C(=O)C(C)C)C2)n1. The van der Waals surface area contributed by atoms with Gasteiger partial charge in [0.25, 0.3) is 0 Å². The summed E-state index contributed by atoms with van der Waals surface area (Å²) in [6.07, 6.45) is -2.03. The molecule has 1 saturated heterocycles. The van der Waals surface area contributed by atoms with Crippen LogP contribution in [0, 0.1) is 12.8 Å². The minimum atomic E-state index is -4.34. The van der Waals surface area contributed by atoms with E-state index >= 15 is 0 Å². The number of piperidine rings is 1. The van der Waals surface area contributed by atoms with E-state index in [1.54, 1.807) is 6.07 Å². The van der Waals surface area contributed by atoms with Crippen LogP contribution in [0.5, 0.6) is 0 Å². The van der Waals surface area contributed by atoms with Gasteiger partial charge in [-0.2, -0.15) is 13.2 Å². The fourth-order valence-corrected chi connectivity index (χ4v) is 3.96. The molecule has 0 N–H and O–H groups in total. The zero-order chi connectivity index (χ0) is 21.2. The molecule has 3 rings (SSSR count). The van der Waals surface area contributed by atoms with E-state index in [1.165, 1.54) is 12.1 Å². The van der Waals surface area contributed by atoms with Crippen molar-refractivity contribution >= 4 is 5.91 Å². The number of halogens is 3. The zero-order valence-electron chi connectivity index (χ0n) is 17.1. The highest BCUT2D eigenvalue weighted by atomic mass is 19.4. The number of aromatic nitrogens is 1. The first kappa shape index (κ1) is 21.3. The van der Waals surface area contributed by atoms with E-state index < -0.39 is 11.7 Å². The number of aryl methyl sites for hydroxylation is 1. The van der Waals surface area contributed by atoms with Crippen LogP contribution in [0.25, 0.3) is 0 Å². The Morgan fingerprint density at radius 2 is 1.97 bits per heavy atom. The molecule has 0 saturated carbocycles. The van der Waals surface area contributed by atoms with Gasteiger partial charge in [0.15, 0.2) is 0 Å². The summed E-state index contributed by atoms with van der Waals surface area (Å²) in [6.45, 7) is 7.14. The first-order chi connectivity index (χ1) is 13.6. The number of carbonyl (C=O) groups is 1. The van der Waals surface area contributed by atoms with Gasteiger partial charge in [0.1, 0.15) is 0 Å². The normalized spacial score (nSPS) is 17.6. The molecule has 2 heterocycles. The summed E-state index contributed by atoms with van der Waals surface area (Å²) in [5.41, 5.74) is 2.71. The van der Waals surface area contributed by atoms with Crippen molar-refractivity contribution in [2.75, 3.05) is 13.1 Å². The van der Waals surface area contributed by atoms with Crippen LogP contribution in [0.3, 0.4) is 0 Å². The molecule has 0 aliphatic carbocycles. The Bertz CT molecular complexity index is 877. The van der Waals surface area contributed by atoms with Gasteiger partial charge in [-0.1, -0.05) is 32.0 Å². The Labute approximate surface area is 169 Å². The second-order valence-electron chi connectivity index (χ2n) is 8.19. The van der Waals surface area contributed by atoms with E-state index in [0.717, 1.165) is 42.4 Å². The number of carbonyl (C=O) groups excluding carboxylic acids is 1. The predicted octanol–water partition coefficient (Wildman–Crippen LogP) is 5.36. The quantitative estimate of drug-likeness (QED) is 0.687. The topological polar surface area (TPSA) is 33.2 Å². The van der Waals surface area contributed by atoms with E-state index in [-0.39, 0.29) is 17.7 Å². The molecular formula is C23H27F3N2O. The van der Waals surface area contributed by atoms with Crippen molar-refractivity contribution in [2.24, 2.45) is 5.92 Å². The van der Waals surface area contributed by atoms with E-state index in [0.29, 0.717) is 18.5 Å². The molecule has 1 aromatic heterocycles. The molecule has 29 heavy (non-hydrogen) atoms. The van der Waals surface area contributed by atoms with Crippen LogP contribution in [-0.4, -0.2) is 28.9 Å². The highest BCUT2D eigenvalue weighted by Crippen LogP contribution is 2.31. The van der Waals surface area contributed by atoms with Crippen LogP contribution in [0.1, 0.15) is 60.7 Å². The maximum atomic E-state index is 13.0. The van der Waals surface area contributed by atoms with E-state index in [9.17, 15) is 18.0 Å². The molecule has 2 aromatic rings. The fourth-order valence-electron chi connectivity index (χ4n) is 3.96. The van der Waals surface area contributed by atoms with Gasteiger partial charge >= 0.3 is 6.18 Å². The fraction of sp³-hybridized carbons (Fsp3) is 0.478. The molecule has 1 amide bonds. The van der Waals surface area contributed by atoms with Crippen LogP contribution in [-0.2, 0) is 17.4 Å². The molecule has 156 valence electrons. The monoisotopic (exact) mass is 404 g/mol. The first-order valence-corrected chi connectivity index (χ1v) is 10.1. The van der Waals surface area contributed by atoms with Crippen molar-refractivity contribution in [3.8, 4) is 0 Å². The lowest BCUT2D eigenvalue weighted by molar-refractivity contribution is -0.137. The molecule has 1 aliphatic rings. The van der Waals surface area contributed by atoms with Crippen LogP contribution in [0.2, 0.25) is 0 Å². The number of benzene rings is 1. The Balaban J connectivity index is 1.81. The van der Waals surface area contributed by atoms with Gasteiger partial charge in [0, 0.05) is 36.3 Å². The zero-order valence-corrected chi connectivity index (χ0v) is 17.1. The van der Waals surface area contributed by atoms with Crippen molar-refractivity contribution in [3.63, 3.8) is 0 Å². The summed E-state index contributed by atoms with van der Waals surface area (Å²) in [5, 5.41) is 0. The van der Waals surface area contributed by atoms with Crippen molar-refractivity contribution in [1.82, 2.24) is 9.88 Å². The molecule has 1 fully saturated rings. The van der Waals surface area contributed by atoms with E-state index in [2.05, 4.69) is 4.98 Å². The van der Waals surface area contributed by atoms with Crippen LogP contribution in [0.15, 0.2) is 36.4 Å². The largest absolute Gasteiger partial charge is 0.416 e. The summed E-state index contributed by atoms with van der Waals surface area (Å²) in [6, 6.07) is 9.37. The molecule has 3 nitrogen and oxygen atoms in total. The molecule has 1 aromatic carbocycles. The van der Waals surface area contributed by atoms with Crippen molar-refractivity contribution in [2.45, 2.75) is 52.1 Å². The number of rotatable bonds is 4. The van der Waals surface area contributed by atoms with Gasteiger partial charge in [0.2, 0.25) is 5.91 Å². The minimum Gasteiger partial charge on any atom is -0.342 e. The van der Waals surface area contributed by atoms with Crippen molar-refractivity contribution < 1.29 is 18.0 Å². The highest BCUT2D eigenvalue weighted by Gasteiger charge is 2.30. The molecular weight excluding hydrogens is 377 g/mol. The van der Waals surface area contributed by atoms with Gasteiger partial charge in [0.05, 0.1) is 5.56 Å². The summed E-state index contributed by atoms with van der Waals surface area (Å²) in [7, 11) is 0. The van der Waals surface area contributed by atoms with Gasteiger partial charge in [-0.05, 0) is 55.5 Å². The third kappa shape index (κ3) is 5.37. The maximum absolute atomic E-state index is 13.0. The number of hydrogen-bond acceptors (Lipinski definition) is 2. The molecule has 6 heteroatoms. The van der Waals surface area contributed by atoms with E-state index in [4.69, 9.17) is 0 Å². The number of alkyl halides is 3. The van der Waals surface area contributed by atoms with Crippen LogP contribution < -0.4 is 0 Å². The lowest BCUT2D eigenvalue weighted by Gasteiger charge is -2.34. The number of likely N-dealkylation sites (tertiary alicyclic amines) is 1. The Morgan fingerprint density at radius 3 is 2.66 bits per heavy atom. The van der Waals surface area contributed by atoms with Gasteiger partial charge < -0.3 is 4.90 Å². The summed E-state index contributed by atoms with van der Waals surface area (Å²) >= 11 is 0. The van der Waals surface area contributed by atoms with Gasteiger partial charge in [-0.15, -0.1) is 0 Å². The van der Waals surface area contributed by atoms with Crippen molar-refractivity contribution in [3.05, 3.63) is 64.5 Å². The van der Waals surface area contributed by atoms with Crippen molar-refractivity contribution in [1.29, 1.82) is 0 Å². The second kappa shape index (κ2) is 8.56. The average Bonchev–Trinajstić information content (AvgIpc) is 2.66. The summed E-state index contributed by atoms with van der Waals surface area (Å²) < 4.78 is 39.0. The molecule has 0 unspecified atom stereocenters. The smallest absolute Gasteiger partial charge is 0.342 e. The molecule has 1 aliphatic heterocycles. The second-order valence-corrected chi connectivity index (χ2v) is 8.19. The Morgan fingerprint density at radius 1 is 1.21 bits per heavy atom. The standard InChI is InChI=1S/C23H27F3N2O/c1-15(2)22(29)28-9-5-7-19(14-28)21-13-18(10-16(3)27-21)11-17-6-4-8-20(12-17)23(24,25)26/h4,6,8,10,12-13,15,19H,5,7,9,11,14H2,1-3H3/t19-/m1/s1. The Kier molecular flexibility index (Phi) is 6.30. The first-order valence-electron chi connectivity index (χ1n) is 10.1.